The zero-order valence-corrected chi connectivity index (χ0v) is 17.5. The van der Waals surface area contributed by atoms with Gasteiger partial charge in [0.2, 0.25) is 5.91 Å². The second-order valence-corrected chi connectivity index (χ2v) is 8.83. The number of carbonyl (C=O) groups excluding carboxylic acids is 2. The summed E-state index contributed by atoms with van der Waals surface area (Å²) in [5, 5.41) is 3.69. The van der Waals surface area contributed by atoms with Gasteiger partial charge in [0.15, 0.2) is 0 Å². The Hall–Kier alpha value is -1.36. The first-order chi connectivity index (χ1) is 12.4. The van der Waals surface area contributed by atoms with Crippen LogP contribution in [-0.4, -0.2) is 18.0 Å². The molecule has 5 heteroatoms. The number of rotatable bonds is 9. The molecule has 0 saturated heterocycles. The maximum absolute atomic E-state index is 12.6. The van der Waals surface area contributed by atoms with Gasteiger partial charge in [-0.1, -0.05) is 39.5 Å². The van der Waals surface area contributed by atoms with E-state index in [1.807, 2.05) is 13.8 Å². The molecule has 1 aromatic rings. The van der Waals surface area contributed by atoms with Crippen molar-refractivity contribution < 1.29 is 14.3 Å². The van der Waals surface area contributed by atoms with Crippen LogP contribution in [0, 0.1) is 5.92 Å². The van der Waals surface area contributed by atoms with Gasteiger partial charge < -0.3 is 10.1 Å². The Morgan fingerprint density at radius 1 is 1.23 bits per heavy atom. The van der Waals surface area contributed by atoms with Crippen LogP contribution in [0.25, 0.3) is 0 Å². The normalized spacial score (nSPS) is 16.4. The summed E-state index contributed by atoms with van der Waals surface area (Å²) in [6.07, 6.45) is 8.90. The highest BCUT2D eigenvalue weighted by atomic mass is 32.1. The van der Waals surface area contributed by atoms with Crippen molar-refractivity contribution in [1.82, 2.24) is 0 Å². The predicted molar refractivity (Wildman–Crippen MR) is 108 cm³/mol. The van der Waals surface area contributed by atoms with E-state index >= 15 is 0 Å². The van der Waals surface area contributed by atoms with Crippen LogP contribution in [0.2, 0.25) is 0 Å². The fraction of sp³-hybridized carbons (Fsp3) is 0.714. The van der Waals surface area contributed by atoms with Gasteiger partial charge in [0.25, 0.3) is 0 Å². The van der Waals surface area contributed by atoms with E-state index < -0.39 is 0 Å². The number of unbranched alkanes of at least 4 members (excludes halogenated alkanes) is 4. The zero-order chi connectivity index (χ0) is 19.1. The van der Waals surface area contributed by atoms with Crippen LogP contribution in [0.4, 0.5) is 5.00 Å². The van der Waals surface area contributed by atoms with E-state index in [2.05, 4.69) is 19.2 Å². The van der Waals surface area contributed by atoms with Crippen LogP contribution < -0.4 is 5.32 Å². The molecule has 0 fully saturated rings. The van der Waals surface area contributed by atoms with E-state index in [-0.39, 0.29) is 18.0 Å². The van der Waals surface area contributed by atoms with Crippen LogP contribution >= 0.6 is 11.3 Å². The zero-order valence-electron chi connectivity index (χ0n) is 16.7. The highest BCUT2D eigenvalue weighted by molar-refractivity contribution is 7.17. The molecule has 2 rings (SSSR count). The van der Waals surface area contributed by atoms with E-state index in [4.69, 9.17) is 4.74 Å². The highest BCUT2D eigenvalue weighted by Crippen LogP contribution is 2.40. The SMILES string of the molecule is CCCCCCCC(=O)Nc1sc2c(c1C(=O)OC(C)C)CCC(C)C2. The third-order valence-electron chi connectivity index (χ3n) is 4.82. The Labute approximate surface area is 161 Å². The number of anilines is 1. The molecule has 0 spiro atoms. The molecule has 0 radical (unpaired) electrons. The summed E-state index contributed by atoms with van der Waals surface area (Å²) < 4.78 is 5.45. The van der Waals surface area contributed by atoms with Crippen LogP contribution in [0.15, 0.2) is 0 Å². The smallest absolute Gasteiger partial charge is 0.341 e. The summed E-state index contributed by atoms with van der Waals surface area (Å²) in [5.74, 6) is 0.328. The molecule has 0 aromatic carbocycles. The van der Waals surface area contributed by atoms with Gasteiger partial charge in [-0.3, -0.25) is 4.79 Å². The fourth-order valence-electron chi connectivity index (χ4n) is 3.41. The number of thiophene rings is 1. The molecule has 26 heavy (non-hydrogen) atoms. The number of carbonyl (C=O) groups is 2. The molecule has 1 heterocycles. The molecule has 1 atom stereocenters. The predicted octanol–water partition coefficient (Wildman–Crippen LogP) is 5.74. The minimum absolute atomic E-state index is 0.00624. The summed E-state index contributed by atoms with van der Waals surface area (Å²) in [5.41, 5.74) is 1.70. The Morgan fingerprint density at radius 2 is 1.96 bits per heavy atom. The monoisotopic (exact) mass is 379 g/mol. The third kappa shape index (κ3) is 5.83. The van der Waals surface area contributed by atoms with E-state index in [0.717, 1.165) is 37.7 Å². The fourth-order valence-corrected chi connectivity index (χ4v) is 4.82. The molecule has 0 bridgehead atoms. The summed E-state index contributed by atoms with van der Waals surface area (Å²) in [6, 6.07) is 0. The lowest BCUT2D eigenvalue weighted by Gasteiger charge is -2.18. The number of amides is 1. The molecule has 1 unspecified atom stereocenters. The number of fused-ring (bicyclic) bond motifs is 1. The summed E-state index contributed by atoms with van der Waals surface area (Å²) in [6.45, 7) is 8.13. The maximum atomic E-state index is 12.6. The minimum Gasteiger partial charge on any atom is -0.459 e. The molecule has 1 aromatic heterocycles. The van der Waals surface area contributed by atoms with E-state index in [1.165, 1.54) is 24.1 Å². The van der Waals surface area contributed by atoms with E-state index in [0.29, 0.717) is 22.9 Å². The largest absolute Gasteiger partial charge is 0.459 e. The molecule has 1 aliphatic rings. The van der Waals surface area contributed by atoms with Crippen molar-refractivity contribution in [3.05, 3.63) is 16.0 Å². The van der Waals surface area contributed by atoms with Gasteiger partial charge in [-0.15, -0.1) is 11.3 Å². The van der Waals surface area contributed by atoms with Gasteiger partial charge in [0.1, 0.15) is 5.00 Å². The van der Waals surface area contributed by atoms with Gasteiger partial charge in [0.05, 0.1) is 11.7 Å². The Balaban J connectivity index is 2.08. The van der Waals surface area contributed by atoms with E-state index in [1.54, 1.807) is 11.3 Å². The van der Waals surface area contributed by atoms with Crippen molar-refractivity contribution in [2.45, 2.75) is 91.6 Å². The number of hydrogen-bond donors (Lipinski definition) is 1. The first kappa shape index (κ1) is 20.9. The van der Waals surface area contributed by atoms with Gasteiger partial charge in [-0.05, 0) is 51.0 Å². The quantitative estimate of drug-likeness (QED) is 0.440. The summed E-state index contributed by atoms with van der Waals surface area (Å²) in [7, 11) is 0. The van der Waals surface area contributed by atoms with Gasteiger partial charge >= 0.3 is 5.97 Å². The van der Waals surface area contributed by atoms with Crippen molar-refractivity contribution in [3.8, 4) is 0 Å². The third-order valence-corrected chi connectivity index (χ3v) is 5.99. The molecule has 0 aliphatic heterocycles. The lowest BCUT2D eigenvalue weighted by atomic mass is 9.88. The first-order valence-electron chi connectivity index (χ1n) is 10.1. The highest BCUT2D eigenvalue weighted by Gasteiger charge is 2.29. The minimum atomic E-state index is -0.301. The van der Waals surface area contributed by atoms with Crippen LogP contribution in [0.1, 0.15) is 93.4 Å². The summed E-state index contributed by atoms with van der Waals surface area (Å²) in [4.78, 5) is 26.2. The van der Waals surface area contributed by atoms with Crippen molar-refractivity contribution >= 4 is 28.2 Å². The average molecular weight is 380 g/mol. The first-order valence-corrected chi connectivity index (χ1v) is 10.9. The van der Waals surface area contributed by atoms with Crippen LogP contribution in [0.3, 0.4) is 0 Å². The lowest BCUT2D eigenvalue weighted by molar-refractivity contribution is -0.116. The Kier molecular flexibility index (Phi) is 8.14. The van der Waals surface area contributed by atoms with Gasteiger partial charge in [0, 0.05) is 11.3 Å². The van der Waals surface area contributed by atoms with Crippen molar-refractivity contribution in [3.63, 3.8) is 0 Å². The Bertz CT molecular complexity index is 621. The molecule has 4 nitrogen and oxygen atoms in total. The lowest BCUT2D eigenvalue weighted by Crippen LogP contribution is -2.18. The topological polar surface area (TPSA) is 55.4 Å². The van der Waals surface area contributed by atoms with Crippen LogP contribution in [0.5, 0.6) is 0 Å². The number of nitrogens with one attached hydrogen (secondary N) is 1. The summed E-state index contributed by atoms with van der Waals surface area (Å²) >= 11 is 1.56. The maximum Gasteiger partial charge on any atom is 0.341 e. The second kappa shape index (κ2) is 10.1. The molecule has 1 amide bonds. The van der Waals surface area contributed by atoms with Crippen molar-refractivity contribution in [2.75, 3.05) is 5.32 Å². The number of esters is 1. The average Bonchev–Trinajstić information content (AvgIpc) is 2.90. The molecule has 1 aliphatic carbocycles. The standard InChI is InChI=1S/C21H33NO3S/c1-5-6-7-8-9-10-18(23)22-20-19(21(24)25-14(2)3)16-12-11-15(4)13-17(16)26-20/h14-15H,5-13H2,1-4H3,(H,22,23). The molecular formula is C21H33NO3S. The number of ether oxygens (including phenoxy) is 1. The van der Waals surface area contributed by atoms with Crippen LogP contribution in [-0.2, 0) is 22.4 Å². The van der Waals surface area contributed by atoms with Gasteiger partial charge in [-0.2, -0.15) is 0 Å². The van der Waals surface area contributed by atoms with Crippen molar-refractivity contribution in [2.24, 2.45) is 5.92 Å². The molecule has 0 saturated carbocycles. The van der Waals surface area contributed by atoms with Crippen molar-refractivity contribution in [1.29, 1.82) is 0 Å². The molecular weight excluding hydrogens is 346 g/mol. The molecule has 1 N–H and O–H groups in total. The second-order valence-electron chi connectivity index (χ2n) is 7.72. The van der Waals surface area contributed by atoms with E-state index in [9.17, 15) is 9.59 Å². The number of hydrogen-bond acceptors (Lipinski definition) is 4. The van der Waals surface area contributed by atoms with Gasteiger partial charge in [-0.25, -0.2) is 4.79 Å². The molecule has 146 valence electrons. The Morgan fingerprint density at radius 3 is 2.65 bits per heavy atom.